The Balaban J connectivity index is 1.40. The van der Waals surface area contributed by atoms with Gasteiger partial charge in [0.2, 0.25) is 11.8 Å². The Bertz CT molecular complexity index is 484. The highest BCUT2D eigenvalue weighted by Crippen LogP contribution is 2.19. The standard InChI is InChI=1S/C20H36N4O2/c1-16-7-5-6-10-24(16)19(25)15-22-11-13-23(14-12-22)17(2)20(26)21-18-8-3-4-9-18/h16-18H,3-15H2,1-2H3,(H,21,26). The van der Waals surface area contributed by atoms with Gasteiger partial charge in [-0.2, -0.15) is 0 Å². The van der Waals surface area contributed by atoms with Gasteiger partial charge in [-0.3, -0.25) is 19.4 Å². The van der Waals surface area contributed by atoms with Crippen molar-refractivity contribution in [1.82, 2.24) is 20.0 Å². The lowest BCUT2D eigenvalue weighted by atomic mass is 10.0. The summed E-state index contributed by atoms with van der Waals surface area (Å²) >= 11 is 0. The van der Waals surface area contributed by atoms with Crippen LogP contribution in [0.5, 0.6) is 0 Å². The average molecular weight is 365 g/mol. The number of amides is 2. The molecule has 0 radical (unpaired) electrons. The molecule has 2 saturated heterocycles. The van der Waals surface area contributed by atoms with Gasteiger partial charge in [0, 0.05) is 44.8 Å². The molecule has 1 aliphatic carbocycles. The van der Waals surface area contributed by atoms with Gasteiger partial charge in [0.05, 0.1) is 12.6 Å². The smallest absolute Gasteiger partial charge is 0.237 e. The Morgan fingerprint density at radius 2 is 1.62 bits per heavy atom. The highest BCUT2D eigenvalue weighted by Gasteiger charge is 2.30. The molecule has 2 heterocycles. The Hall–Kier alpha value is -1.14. The van der Waals surface area contributed by atoms with E-state index in [2.05, 4.69) is 26.9 Å². The molecule has 0 aromatic carbocycles. The Labute approximate surface area is 158 Å². The van der Waals surface area contributed by atoms with E-state index in [4.69, 9.17) is 0 Å². The number of rotatable bonds is 5. The molecule has 148 valence electrons. The quantitative estimate of drug-likeness (QED) is 0.802. The molecular formula is C20H36N4O2. The molecule has 6 nitrogen and oxygen atoms in total. The predicted octanol–water partition coefficient (Wildman–Crippen LogP) is 1.45. The lowest BCUT2D eigenvalue weighted by molar-refractivity contribution is -0.136. The highest BCUT2D eigenvalue weighted by atomic mass is 16.2. The van der Waals surface area contributed by atoms with Crippen molar-refractivity contribution < 1.29 is 9.59 Å². The summed E-state index contributed by atoms with van der Waals surface area (Å²) in [6.07, 6.45) is 8.24. The maximum absolute atomic E-state index is 12.6. The average Bonchev–Trinajstić information content (AvgIpc) is 3.15. The van der Waals surface area contributed by atoms with E-state index in [0.29, 0.717) is 18.6 Å². The number of piperidine rings is 1. The molecule has 0 aromatic rings. The Morgan fingerprint density at radius 3 is 2.27 bits per heavy atom. The topological polar surface area (TPSA) is 55.9 Å². The molecule has 3 aliphatic rings. The Kier molecular flexibility index (Phi) is 6.92. The van der Waals surface area contributed by atoms with Crippen molar-refractivity contribution >= 4 is 11.8 Å². The monoisotopic (exact) mass is 364 g/mol. The fourth-order valence-electron chi connectivity index (χ4n) is 4.62. The normalized spacial score (nSPS) is 27.5. The number of carbonyl (C=O) groups excluding carboxylic acids is 2. The van der Waals surface area contributed by atoms with Crippen molar-refractivity contribution in [2.45, 2.75) is 76.9 Å². The molecule has 2 unspecified atom stereocenters. The summed E-state index contributed by atoms with van der Waals surface area (Å²) in [6, 6.07) is 0.697. The molecule has 0 aromatic heterocycles. The first-order valence-electron chi connectivity index (χ1n) is 10.6. The Morgan fingerprint density at radius 1 is 0.962 bits per heavy atom. The molecule has 1 saturated carbocycles. The van der Waals surface area contributed by atoms with Crippen LogP contribution in [0.4, 0.5) is 0 Å². The van der Waals surface area contributed by atoms with Gasteiger partial charge in [-0.25, -0.2) is 0 Å². The summed E-state index contributed by atoms with van der Waals surface area (Å²) in [5.74, 6) is 0.446. The van der Waals surface area contributed by atoms with Crippen LogP contribution >= 0.6 is 0 Å². The van der Waals surface area contributed by atoms with Crippen LogP contribution < -0.4 is 5.32 Å². The maximum Gasteiger partial charge on any atom is 0.237 e. The number of hydrogen-bond acceptors (Lipinski definition) is 4. The fourth-order valence-corrected chi connectivity index (χ4v) is 4.62. The zero-order valence-corrected chi connectivity index (χ0v) is 16.6. The molecule has 3 rings (SSSR count). The number of hydrogen-bond donors (Lipinski definition) is 1. The van der Waals surface area contributed by atoms with Crippen molar-refractivity contribution in [1.29, 1.82) is 0 Å². The summed E-state index contributed by atoms with van der Waals surface area (Å²) in [5, 5.41) is 3.21. The third-order valence-electron chi connectivity index (χ3n) is 6.52. The fraction of sp³-hybridized carbons (Fsp3) is 0.900. The SMILES string of the molecule is CC(C(=O)NC1CCCC1)N1CCN(CC(=O)N2CCCCC2C)CC1. The van der Waals surface area contributed by atoms with E-state index < -0.39 is 0 Å². The van der Waals surface area contributed by atoms with Crippen LogP contribution in [-0.4, -0.2) is 83.9 Å². The lowest BCUT2D eigenvalue weighted by Crippen LogP contribution is -2.56. The van der Waals surface area contributed by atoms with E-state index >= 15 is 0 Å². The molecule has 2 amide bonds. The van der Waals surface area contributed by atoms with Crippen LogP contribution in [-0.2, 0) is 9.59 Å². The first-order valence-corrected chi connectivity index (χ1v) is 10.6. The number of piperazine rings is 1. The van der Waals surface area contributed by atoms with E-state index in [-0.39, 0.29) is 17.9 Å². The second kappa shape index (κ2) is 9.18. The van der Waals surface area contributed by atoms with Crippen LogP contribution in [0.3, 0.4) is 0 Å². The summed E-state index contributed by atoms with van der Waals surface area (Å²) < 4.78 is 0. The van der Waals surface area contributed by atoms with Crippen LogP contribution in [0.25, 0.3) is 0 Å². The van der Waals surface area contributed by atoms with Crippen LogP contribution in [0.2, 0.25) is 0 Å². The van der Waals surface area contributed by atoms with Gasteiger partial charge in [0.25, 0.3) is 0 Å². The molecular weight excluding hydrogens is 328 g/mol. The van der Waals surface area contributed by atoms with Crippen molar-refractivity contribution in [2.24, 2.45) is 0 Å². The van der Waals surface area contributed by atoms with Gasteiger partial charge in [0.1, 0.15) is 0 Å². The maximum atomic E-state index is 12.6. The molecule has 26 heavy (non-hydrogen) atoms. The van der Waals surface area contributed by atoms with Crippen molar-refractivity contribution in [3.63, 3.8) is 0 Å². The molecule has 0 bridgehead atoms. The minimum Gasteiger partial charge on any atom is -0.352 e. The van der Waals surface area contributed by atoms with Crippen molar-refractivity contribution in [2.75, 3.05) is 39.3 Å². The van der Waals surface area contributed by atoms with E-state index in [1.807, 2.05) is 6.92 Å². The molecule has 2 aliphatic heterocycles. The summed E-state index contributed by atoms with van der Waals surface area (Å²) in [7, 11) is 0. The van der Waals surface area contributed by atoms with Gasteiger partial charge < -0.3 is 10.2 Å². The van der Waals surface area contributed by atoms with Crippen LogP contribution in [0.15, 0.2) is 0 Å². The third-order valence-corrected chi connectivity index (χ3v) is 6.52. The minimum atomic E-state index is -0.0735. The predicted molar refractivity (Wildman–Crippen MR) is 103 cm³/mol. The van der Waals surface area contributed by atoms with Crippen molar-refractivity contribution in [3.8, 4) is 0 Å². The molecule has 1 N–H and O–H groups in total. The third kappa shape index (κ3) is 4.97. The second-order valence-corrected chi connectivity index (χ2v) is 8.41. The van der Waals surface area contributed by atoms with Gasteiger partial charge >= 0.3 is 0 Å². The molecule has 0 spiro atoms. The van der Waals surface area contributed by atoms with Gasteiger partial charge in [0.15, 0.2) is 0 Å². The molecule has 3 fully saturated rings. The number of nitrogens with one attached hydrogen (secondary N) is 1. The number of likely N-dealkylation sites (tertiary alicyclic amines) is 1. The largest absolute Gasteiger partial charge is 0.352 e. The zero-order valence-electron chi connectivity index (χ0n) is 16.6. The lowest BCUT2D eigenvalue weighted by Gasteiger charge is -2.39. The summed E-state index contributed by atoms with van der Waals surface area (Å²) in [6.45, 7) is 9.09. The molecule has 2 atom stereocenters. The minimum absolute atomic E-state index is 0.0735. The number of carbonyl (C=O) groups is 2. The molecule has 6 heteroatoms. The first kappa shape index (κ1) is 19.6. The second-order valence-electron chi connectivity index (χ2n) is 8.41. The number of nitrogens with zero attached hydrogens (tertiary/aromatic N) is 3. The van der Waals surface area contributed by atoms with Gasteiger partial charge in [-0.05, 0) is 46.0 Å². The zero-order chi connectivity index (χ0) is 18.5. The van der Waals surface area contributed by atoms with E-state index in [1.165, 1.54) is 19.3 Å². The van der Waals surface area contributed by atoms with Gasteiger partial charge in [-0.1, -0.05) is 12.8 Å². The first-order chi connectivity index (χ1) is 12.5. The van der Waals surface area contributed by atoms with E-state index in [0.717, 1.165) is 58.4 Å². The van der Waals surface area contributed by atoms with E-state index in [9.17, 15) is 9.59 Å². The van der Waals surface area contributed by atoms with E-state index in [1.54, 1.807) is 0 Å². The van der Waals surface area contributed by atoms with Crippen LogP contribution in [0.1, 0.15) is 58.8 Å². The van der Waals surface area contributed by atoms with Crippen molar-refractivity contribution in [3.05, 3.63) is 0 Å². The van der Waals surface area contributed by atoms with Crippen LogP contribution in [0, 0.1) is 0 Å². The summed E-state index contributed by atoms with van der Waals surface area (Å²) in [4.78, 5) is 31.6. The summed E-state index contributed by atoms with van der Waals surface area (Å²) in [5.41, 5.74) is 0. The van der Waals surface area contributed by atoms with Gasteiger partial charge in [-0.15, -0.1) is 0 Å². The highest BCUT2D eigenvalue weighted by molar-refractivity contribution is 5.81.